The Morgan fingerprint density at radius 2 is 1.87 bits per heavy atom. The number of nitrogens with zero attached hydrogens (tertiary/aromatic N) is 3. The molecule has 1 amide bonds. The zero-order valence-electron chi connectivity index (χ0n) is 21.3. The number of anilines is 2. The van der Waals surface area contributed by atoms with Gasteiger partial charge in [0.25, 0.3) is 11.5 Å². The predicted molar refractivity (Wildman–Crippen MR) is 150 cm³/mol. The highest BCUT2D eigenvalue weighted by Crippen LogP contribution is 2.26. The summed E-state index contributed by atoms with van der Waals surface area (Å²) in [6.45, 7) is 4.62. The van der Waals surface area contributed by atoms with Gasteiger partial charge in [0.1, 0.15) is 0 Å². The fraction of sp³-hybridized carbons (Fsp3) is 0.179. The summed E-state index contributed by atoms with van der Waals surface area (Å²) in [4.78, 5) is 48.1. The molecular weight excluding hydrogens is 506 g/mol. The van der Waals surface area contributed by atoms with Crippen LogP contribution in [0, 0.1) is 6.92 Å². The summed E-state index contributed by atoms with van der Waals surface area (Å²) in [5, 5.41) is 6.58. The van der Waals surface area contributed by atoms with Crippen LogP contribution in [0.5, 0.6) is 0 Å². The minimum atomic E-state index is -0.665. The first-order valence-corrected chi connectivity index (χ1v) is 12.2. The van der Waals surface area contributed by atoms with Gasteiger partial charge in [-0.05, 0) is 67.9 Å². The quantitative estimate of drug-likeness (QED) is 0.260. The van der Waals surface area contributed by atoms with Crippen LogP contribution in [0.3, 0.4) is 0 Å². The topological polar surface area (TPSA) is 115 Å². The van der Waals surface area contributed by atoms with E-state index in [-0.39, 0.29) is 33.4 Å². The number of amides is 1. The number of hydrogen-bond donors (Lipinski definition) is 2. The third-order valence-electron chi connectivity index (χ3n) is 5.86. The Kier molecular flexibility index (Phi) is 7.87. The molecule has 4 aromatic rings. The van der Waals surface area contributed by atoms with Gasteiger partial charge in [0.05, 0.1) is 40.0 Å². The zero-order chi connectivity index (χ0) is 27.4. The van der Waals surface area contributed by atoms with Crippen molar-refractivity contribution in [2.24, 2.45) is 12.0 Å². The molecule has 38 heavy (non-hydrogen) atoms. The molecule has 4 rings (SSSR count). The van der Waals surface area contributed by atoms with E-state index in [0.29, 0.717) is 16.6 Å². The summed E-state index contributed by atoms with van der Waals surface area (Å²) in [5.41, 5.74) is 2.63. The highest BCUT2D eigenvalue weighted by molar-refractivity contribution is 6.49. The second kappa shape index (κ2) is 11.3. The third-order valence-corrected chi connectivity index (χ3v) is 6.19. The van der Waals surface area contributed by atoms with Crippen molar-refractivity contribution in [2.75, 3.05) is 24.3 Å². The van der Waals surface area contributed by atoms with Crippen LogP contribution in [0.15, 0.2) is 70.5 Å². The van der Waals surface area contributed by atoms with Crippen molar-refractivity contribution in [1.82, 2.24) is 9.55 Å². The molecule has 0 aliphatic rings. The lowest BCUT2D eigenvalue weighted by Gasteiger charge is -2.14. The molecule has 0 spiro atoms. The lowest BCUT2D eigenvalue weighted by Crippen LogP contribution is -2.32. The molecule has 0 bridgehead atoms. The van der Waals surface area contributed by atoms with Crippen molar-refractivity contribution in [2.45, 2.75) is 13.8 Å². The van der Waals surface area contributed by atoms with Crippen LogP contribution in [-0.4, -0.2) is 40.8 Å². The summed E-state index contributed by atoms with van der Waals surface area (Å²) in [5.74, 6) is -1.18. The van der Waals surface area contributed by atoms with Gasteiger partial charge in [-0.15, -0.1) is 0 Å². The number of carbonyl (C=O) groups is 2. The van der Waals surface area contributed by atoms with E-state index in [4.69, 9.17) is 16.3 Å². The van der Waals surface area contributed by atoms with Gasteiger partial charge in [-0.2, -0.15) is 0 Å². The number of para-hydroxylation sites is 1. The van der Waals surface area contributed by atoms with Crippen LogP contribution in [-0.2, 0) is 16.6 Å². The number of benzene rings is 3. The van der Waals surface area contributed by atoms with Crippen LogP contribution >= 0.6 is 11.6 Å². The summed E-state index contributed by atoms with van der Waals surface area (Å²) < 4.78 is 6.06. The van der Waals surface area contributed by atoms with Crippen LogP contribution < -0.4 is 16.2 Å². The van der Waals surface area contributed by atoms with E-state index in [0.717, 1.165) is 17.8 Å². The lowest BCUT2D eigenvalue weighted by atomic mass is 10.1. The molecule has 10 heteroatoms. The van der Waals surface area contributed by atoms with Crippen LogP contribution in [0.1, 0.15) is 28.7 Å². The summed E-state index contributed by atoms with van der Waals surface area (Å²) >= 11 is 6.32. The maximum absolute atomic E-state index is 13.7. The largest absolute Gasteiger partial charge is 0.465 e. The number of esters is 1. The van der Waals surface area contributed by atoms with Gasteiger partial charge >= 0.3 is 5.97 Å². The van der Waals surface area contributed by atoms with E-state index in [9.17, 15) is 14.4 Å². The number of carbonyl (C=O) groups excluding carboxylic acids is 2. The average molecular weight is 532 g/mol. The molecule has 0 saturated carbocycles. The van der Waals surface area contributed by atoms with E-state index < -0.39 is 11.9 Å². The second-order valence-corrected chi connectivity index (χ2v) is 8.86. The molecule has 9 nitrogen and oxygen atoms in total. The number of methoxy groups -OCH3 is 1. The van der Waals surface area contributed by atoms with Crippen molar-refractivity contribution in [3.8, 4) is 0 Å². The number of fused-ring (bicyclic) bond motifs is 1. The van der Waals surface area contributed by atoms with Gasteiger partial charge in [0.15, 0.2) is 11.5 Å². The van der Waals surface area contributed by atoms with Crippen LogP contribution in [0.2, 0.25) is 5.02 Å². The zero-order valence-corrected chi connectivity index (χ0v) is 22.1. The van der Waals surface area contributed by atoms with E-state index in [1.807, 2.05) is 26.0 Å². The minimum Gasteiger partial charge on any atom is -0.465 e. The normalized spacial score (nSPS) is 11.3. The number of halogens is 1. The Morgan fingerprint density at radius 1 is 1.11 bits per heavy atom. The van der Waals surface area contributed by atoms with Gasteiger partial charge in [0.2, 0.25) is 0 Å². The fourth-order valence-electron chi connectivity index (χ4n) is 3.89. The molecule has 0 saturated heterocycles. The van der Waals surface area contributed by atoms with Gasteiger partial charge < -0.3 is 15.4 Å². The summed E-state index contributed by atoms with van der Waals surface area (Å²) in [7, 11) is 2.79. The van der Waals surface area contributed by atoms with E-state index in [2.05, 4.69) is 20.6 Å². The Hall–Kier alpha value is -4.50. The number of aromatic nitrogens is 2. The molecule has 0 atom stereocenters. The molecule has 3 aromatic carbocycles. The molecule has 0 aliphatic heterocycles. The lowest BCUT2D eigenvalue weighted by molar-refractivity contribution is -0.110. The number of ether oxygens (including phenoxy) is 1. The SMILES string of the molecule is CCNc1ccc(/N=C(\C(=O)Nc2cc(C(=O)OC)ccc2Cl)c2nc3ccccc3c(=O)n2C)c(C)c1. The molecule has 2 N–H and O–H groups in total. The average Bonchev–Trinajstić information content (AvgIpc) is 2.91. The maximum atomic E-state index is 13.7. The first-order valence-electron chi connectivity index (χ1n) is 11.8. The minimum absolute atomic E-state index is 0.0709. The standard InChI is InChI=1S/C28H26ClN5O4/c1-5-30-18-11-13-21(16(2)14-18)31-24(25-32-22-9-7-6-8-19(22)27(36)34(25)3)26(35)33-23-15-17(28(37)38-4)10-12-20(23)29/h6-15,30H,5H2,1-4H3,(H,33,35)/b31-24-. The Bertz CT molecular complexity index is 1640. The second-order valence-electron chi connectivity index (χ2n) is 8.45. The van der Waals surface area contributed by atoms with Crippen molar-refractivity contribution < 1.29 is 14.3 Å². The molecule has 1 heterocycles. The molecular formula is C28H26ClN5O4. The summed E-state index contributed by atoms with van der Waals surface area (Å²) in [6.07, 6.45) is 0. The van der Waals surface area contributed by atoms with Crippen molar-refractivity contribution in [1.29, 1.82) is 0 Å². The highest BCUT2D eigenvalue weighted by Gasteiger charge is 2.23. The first kappa shape index (κ1) is 26.6. The first-order chi connectivity index (χ1) is 18.2. The molecule has 0 aliphatic carbocycles. The van der Waals surface area contributed by atoms with Gasteiger partial charge in [-0.1, -0.05) is 23.7 Å². The van der Waals surface area contributed by atoms with Crippen LogP contribution in [0.4, 0.5) is 17.1 Å². The molecule has 1 aromatic heterocycles. The number of aliphatic imine (C=N–C) groups is 1. The van der Waals surface area contributed by atoms with Gasteiger partial charge in [-0.3, -0.25) is 14.2 Å². The number of hydrogen-bond acceptors (Lipinski definition) is 7. The third kappa shape index (κ3) is 5.42. The highest BCUT2D eigenvalue weighted by atomic mass is 35.5. The maximum Gasteiger partial charge on any atom is 0.337 e. The molecule has 0 fully saturated rings. The van der Waals surface area contributed by atoms with Gasteiger partial charge in [-0.25, -0.2) is 14.8 Å². The van der Waals surface area contributed by atoms with E-state index >= 15 is 0 Å². The number of rotatable bonds is 7. The van der Waals surface area contributed by atoms with E-state index in [1.54, 1.807) is 30.3 Å². The fourth-order valence-corrected chi connectivity index (χ4v) is 4.06. The predicted octanol–water partition coefficient (Wildman–Crippen LogP) is 4.87. The Labute approximate surface area is 224 Å². The van der Waals surface area contributed by atoms with Crippen molar-refractivity contribution in [3.63, 3.8) is 0 Å². The molecule has 0 radical (unpaired) electrons. The van der Waals surface area contributed by atoms with E-state index in [1.165, 1.54) is 36.9 Å². The molecule has 194 valence electrons. The number of aryl methyl sites for hydroxylation is 1. The van der Waals surface area contributed by atoms with Crippen molar-refractivity contribution >= 4 is 57.2 Å². The van der Waals surface area contributed by atoms with Crippen molar-refractivity contribution in [3.05, 3.63) is 93.0 Å². The van der Waals surface area contributed by atoms with Gasteiger partial charge in [0, 0.05) is 19.3 Å². The molecule has 0 unspecified atom stereocenters. The monoisotopic (exact) mass is 531 g/mol. The van der Waals surface area contributed by atoms with Crippen LogP contribution in [0.25, 0.3) is 10.9 Å². The smallest absolute Gasteiger partial charge is 0.337 e. The summed E-state index contributed by atoms with van der Waals surface area (Å²) in [6, 6.07) is 16.8. The Morgan fingerprint density at radius 3 is 2.58 bits per heavy atom. The number of nitrogens with one attached hydrogen (secondary N) is 2. The Balaban J connectivity index is 1.87.